The van der Waals surface area contributed by atoms with Crippen LogP contribution in [0.15, 0.2) is 66.7 Å². The molecule has 0 saturated heterocycles. The fraction of sp³-hybridized carbons (Fsp3) is 0.192. The number of nitrogens with one attached hydrogen (secondary N) is 2. The van der Waals surface area contributed by atoms with Crippen molar-refractivity contribution in [3.63, 3.8) is 0 Å². The number of ether oxygens (including phenoxy) is 1. The summed E-state index contributed by atoms with van der Waals surface area (Å²) in [6.45, 7) is 0.400. The largest absolute Gasteiger partial charge is 0.479 e. The predicted molar refractivity (Wildman–Crippen MR) is 126 cm³/mol. The topological polar surface area (TPSA) is 125 Å². The lowest BCUT2D eigenvalue weighted by atomic mass is 9.98. The zero-order valence-electron chi connectivity index (χ0n) is 18.7. The molecule has 1 unspecified atom stereocenters. The lowest BCUT2D eigenvalue weighted by molar-refractivity contribution is -0.155. The van der Waals surface area contributed by atoms with Crippen LogP contribution in [-0.2, 0) is 9.53 Å². The molecule has 1 aliphatic rings. The first-order valence-corrected chi connectivity index (χ1v) is 10.8. The van der Waals surface area contributed by atoms with Crippen molar-refractivity contribution < 1.29 is 33.7 Å². The Balaban J connectivity index is 1.42. The number of aliphatic hydroxyl groups is 1. The summed E-state index contributed by atoms with van der Waals surface area (Å²) in [5.74, 6) is -3.67. The van der Waals surface area contributed by atoms with E-state index in [1.807, 2.05) is 48.5 Å². The van der Waals surface area contributed by atoms with Gasteiger partial charge in [0.2, 0.25) is 0 Å². The molecule has 0 fully saturated rings. The molecule has 0 aromatic heterocycles. The van der Waals surface area contributed by atoms with Gasteiger partial charge in [0.05, 0.1) is 17.8 Å². The molecule has 0 saturated carbocycles. The third-order valence-corrected chi connectivity index (χ3v) is 5.88. The molecule has 4 rings (SSSR count). The van der Waals surface area contributed by atoms with Crippen molar-refractivity contribution in [1.29, 1.82) is 0 Å². The quantitative estimate of drug-likeness (QED) is 0.410. The fourth-order valence-corrected chi connectivity index (χ4v) is 3.97. The summed E-state index contributed by atoms with van der Waals surface area (Å²) in [5.41, 5.74) is 1.28. The molecule has 0 spiro atoms. The minimum Gasteiger partial charge on any atom is -0.479 e. The first kappa shape index (κ1) is 23.9. The van der Waals surface area contributed by atoms with E-state index < -0.39 is 41.5 Å². The molecule has 3 aromatic rings. The highest BCUT2D eigenvalue weighted by Crippen LogP contribution is 2.44. The number of carboxylic acid groups (broad SMARTS) is 1. The molecule has 2 amide bonds. The monoisotopic (exact) mass is 478 g/mol. The number of aliphatic carboxylic acids is 1. The Morgan fingerprint density at radius 1 is 0.971 bits per heavy atom. The van der Waals surface area contributed by atoms with Crippen LogP contribution in [0.4, 0.5) is 14.9 Å². The number of hydrogen-bond donors (Lipinski definition) is 4. The lowest BCUT2D eigenvalue weighted by Crippen LogP contribution is -2.46. The van der Waals surface area contributed by atoms with Gasteiger partial charge in [0.25, 0.3) is 5.91 Å². The standard InChI is InChI=1S/C26H23FN2O6/c1-26(34,24(31)32)14-28-23(30)19-11-6-12-21(22(19)27)29-25(33)35-13-20-17-9-4-2-7-15(17)16-8-3-5-10-18(16)20/h2-12,20,34H,13-14H2,1H3,(H,28,30)(H,29,33)(H,31,32). The smallest absolute Gasteiger partial charge is 0.411 e. The molecule has 3 aromatic carbocycles. The minimum absolute atomic E-state index is 0.0337. The summed E-state index contributed by atoms with van der Waals surface area (Å²) in [6, 6.07) is 19.5. The maximum Gasteiger partial charge on any atom is 0.411 e. The Bertz CT molecular complexity index is 1260. The number of amides is 2. The van der Waals surface area contributed by atoms with Crippen molar-refractivity contribution >= 4 is 23.7 Å². The van der Waals surface area contributed by atoms with Gasteiger partial charge in [0.15, 0.2) is 11.4 Å². The number of carbonyl (C=O) groups excluding carboxylic acids is 2. The second-order valence-corrected chi connectivity index (χ2v) is 8.38. The highest BCUT2D eigenvalue weighted by Gasteiger charge is 2.31. The first-order valence-electron chi connectivity index (χ1n) is 10.8. The van der Waals surface area contributed by atoms with Crippen molar-refractivity contribution in [3.8, 4) is 11.1 Å². The summed E-state index contributed by atoms with van der Waals surface area (Å²) >= 11 is 0. The maximum atomic E-state index is 14.9. The molecule has 0 aliphatic heterocycles. The van der Waals surface area contributed by atoms with Crippen LogP contribution in [0.3, 0.4) is 0 Å². The number of hydrogen-bond acceptors (Lipinski definition) is 5. The summed E-state index contributed by atoms with van der Waals surface area (Å²) in [5, 5.41) is 23.1. The number of anilines is 1. The second kappa shape index (κ2) is 9.55. The highest BCUT2D eigenvalue weighted by atomic mass is 19.1. The van der Waals surface area contributed by atoms with E-state index in [9.17, 15) is 23.9 Å². The van der Waals surface area contributed by atoms with Crippen LogP contribution in [-0.4, -0.2) is 46.9 Å². The molecule has 8 nitrogen and oxygen atoms in total. The van der Waals surface area contributed by atoms with Gasteiger partial charge in [-0.1, -0.05) is 54.6 Å². The maximum absolute atomic E-state index is 14.9. The molecule has 1 atom stereocenters. The highest BCUT2D eigenvalue weighted by molar-refractivity contribution is 5.97. The Hall–Kier alpha value is -4.24. The van der Waals surface area contributed by atoms with Crippen molar-refractivity contribution in [2.75, 3.05) is 18.5 Å². The van der Waals surface area contributed by atoms with Crippen molar-refractivity contribution in [3.05, 3.63) is 89.2 Å². The van der Waals surface area contributed by atoms with Crippen molar-refractivity contribution in [2.24, 2.45) is 0 Å². The fourth-order valence-electron chi connectivity index (χ4n) is 3.97. The molecule has 180 valence electrons. The summed E-state index contributed by atoms with van der Waals surface area (Å²) in [4.78, 5) is 35.7. The van der Waals surface area contributed by atoms with Crippen molar-refractivity contribution in [1.82, 2.24) is 5.32 Å². The number of benzene rings is 3. The molecule has 0 bridgehead atoms. The number of rotatable bonds is 7. The van der Waals surface area contributed by atoms with E-state index in [4.69, 9.17) is 9.84 Å². The second-order valence-electron chi connectivity index (χ2n) is 8.38. The zero-order valence-corrected chi connectivity index (χ0v) is 18.7. The van der Waals surface area contributed by atoms with E-state index in [1.165, 1.54) is 18.2 Å². The molecule has 4 N–H and O–H groups in total. The Morgan fingerprint density at radius 3 is 2.17 bits per heavy atom. The molecule has 35 heavy (non-hydrogen) atoms. The van der Waals surface area contributed by atoms with Gasteiger partial charge in [-0.3, -0.25) is 10.1 Å². The van der Waals surface area contributed by atoms with E-state index in [1.54, 1.807) is 0 Å². The van der Waals surface area contributed by atoms with Crippen LogP contribution in [0, 0.1) is 5.82 Å². The summed E-state index contributed by atoms with van der Waals surface area (Å²) < 4.78 is 20.3. The van der Waals surface area contributed by atoms with Gasteiger partial charge < -0.3 is 20.3 Å². The van der Waals surface area contributed by atoms with E-state index >= 15 is 0 Å². The van der Waals surface area contributed by atoms with Gasteiger partial charge in [-0.05, 0) is 41.3 Å². The zero-order chi connectivity index (χ0) is 25.2. The normalized spacial score (nSPS) is 13.8. The van der Waals surface area contributed by atoms with Gasteiger partial charge in [0, 0.05) is 5.92 Å². The molecule has 0 radical (unpaired) electrons. The van der Waals surface area contributed by atoms with Crippen LogP contribution in [0.5, 0.6) is 0 Å². The number of carboxylic acids is 1. The van der Waals surface area contributed by atoms with Crippen LogP contribution in [0.1, 0.15) is 34.3 Å². The molecule has 9 heteroatoms. The van der Waals surface area contributed by atoms with Gasteiger partial charge >= 0.3 is 12.1 Å². The SMILES string of the molecule is CC(O)(CNC(=O)c1cccc(NC(=O)OCC2c3ccccc3-c3ccccc32)c1F)C(=O)O. The van der Waals surface area contributed by atoms with E-state index in [2.05, 4.69) is 10.6 Å². The Morgan fingerprint density at radius 2 is 1.57 bits per heavy atom. The number of halogens is 1. The van der Waals surface area contributed by atoms with E-state index in [0.29, 0.717) is 0 Å². The number of carbonyl (C=O) groups is 3. The van der Waals surface area contributed by atoms with Crippen LogP contribution in [0.25, 0.3) is 11.1 Å². The molecule has 0 heterocycles. The first-order chi connectivity index (χ1) is 16.7. The lowest BCUT2D eigenvalue weighted by Gasteiger charge is -2.18. The molecular formula is C26H23FN2O6. The number of fused-ring (bicyclic) bond motifs is 3. The summed E-state index contributed by atoms with van der Waals surface area (Å²) in [7, 11) is 0. The third-order valence-electron chi connectivity index (χ3n) is 5.88. The average molecular weight is 478 g/mol. The van der Waals surface area contributed by atoms with Crippen LogP contribution < -0.4 is 10.6 Å². The van der Waals surface area contributed by atoms with Crippen molar-refractivity contribution in [2.45, 2.75) is 18.4 Å². The van der Waals surface area contributed by atoms with Gasteiger partial charge in [-0.2, -0.15) is 0 Å². The van der Waals surface area contributed by atoms with Crippen LogP contribution in [0.2, 0.25) is 0 Å². The molecular weight excluding hydrogens is 455 g/mol. The molecule has 1 aliphatic carbocycles. The average Bonchev–Trinajstić information content (AvgIpc) is 3.16. The van der Waals surface area contributed by atoms with E-state index in [0.717, 1.165) is 29.2 Å². The Kier molecular flexibility index (Phi) is 6.52. The van der Waals surface area contributed by atoms with Gasteiger partial charge in [-0.15, -0.1) is 0 Å². The minimum atomic E-state index is -2.22. The Labute approximate surface area is 200 Å². The predicted octanol–water partition coefficient (Wildman–Crippen LogP) is 3.75. The van der Waals surface area contributed by atoms with Gasteiger partial charge in [0.1, 0.15) is 6.61 Å². The van der Waals surface area contributed by atoms with E-state index in [-0.39, 0.29) is 18.2 Å². The summed E-state index contributed by atoms with van der Waals surface area (Å²) in [6.07, 6.45) is -0.892. The van der Waals surface area contributed by atoms with Crippen LogP contribution >= 0.6 is 0 Å². The van der Waals surface area contributed by atoms with Gasteiger partial charge in [-0.25, -0.2) is 14.0 Å². The third kappa shape index (κ3) is 4.85.